The van der Waals surface area contributed by atoms with Crippen molar-refractivity contribution in [1.29, 1.82) is 0 Å². The van der Waals surface area contributed by atoms with E-state index in [9.17, 15) is 19.7 Å². The van der Waals surface area contributed by atoms with Gasteiger partial charge in [0.1, 0.15) is 10.6 Å². The fourth-order valence-electron chi connectivity index (χ4n) is 1.80. The minimum Gasteiger partial charge on any atom is -0.497 e. The predicted molar refractivity (Wildman–Crippen MR) is 83.2 cm³/mol. The van der Waals surface area contributed by atoms with Gasteiger partial charge in [-0.05, 0) is 37.3 Å². The highest BCUT2D eigenvalue weighted by atomic mass is 32.1. The van der Waals surface area contributed by atoms with Crippen molar-refractivity contribution in [2.75, 3.05) is 7.11 Å². The van der Waals surface area contributed by atoms with Crippen molar-refractivity contribution in [2.45, 2.75) is 13.0 Å². The summed E-state index contributed by atoms with van der Waals surface area (Å²) in [4.78, 5) is 34.2. The summed E-state index contributed by atoms with van der Waals surface area (Å²) in [7, 11) is 1.52. The number of ether oxygens (including phenoxy) is 2. The van der Waals surface area contributed by atoms with E-state index in [-0.39, 0.29) is 15.7 Å². The fraction of sp³-hybridized carbons (Fsp3) is 0.200. The van der Waals surface area contributed by atoms with Crippen LogP contribution in [0, 0.1) is 10.1 Å². The van der Waals surface area contributed by atoms with Gasteiger partial charge in [-0.2, -0.15) is 0 Å². The van der Waals surface area contributed by atoms with Gasteiger partial charge >= 0.3 is 11.0 Å². The summed E-state index contributed by atoms with van der Waals surface area (Å²) < 4.78 is 10.1. The lowest BCUT2D eigenvalue weighted by atomic mass is 10.1. The number of nitro groups is 1. The van der Waals surface area contributed by atoms with Crippen molar-refractivity contribution in [3.05, 3.63) is 57.0 Å². The van der Waals surface area contributed by atoms with Crippen molar-refractivity contribution in [3.8, 4) is 5.75 Å². The molecule has 1 atom stereocenters. The number of hydrogen-bond acceptors (Lipinski definition) is 7. The number of Topliss-reactive ketones (excluding diaryl/α,β-unsaturated/α-hetero) is 1. The molecule has 0 aliphatic heterocycles. The minimum atomic E-state index is -1.00. The molecule has 0 bridgehead atoms. The number of thiophene rings is 1. The Morgan fingerprint density at radius 2 is 1.83 bits per heavy atom. The summed E-state index contributed by atoms with van der Waals surface area (Å²) in [5.41, 5.74) is 0.378. The summed E-state index contributed by atoms with van der Waals surface area (Å²) >= 11 is 0.702. The lowest BCUT2D eigenvalue weighted by Crippen LogP contribution is -2.24. The van der Waals surface area contributed by atoms with E-state index in [4.69, 9.17) is 9.47 Å². The first-order valence-electron chi connectivity index (χ1n) is 6.56. The second-order valence-corrected chi connectivity index (χ2v) is 5.60. The average Bonchev–Trinajstić information content (AvgIpc) is 3.04. The summed E-state index contributed by atoms with van der Waals surface area (Å²) in [5, 5.41) is 10.4. The first-order chi connectivity index (χ1) is 10.9. The quantitative estimate of drug-likeness (QED) is 0.348. The first kappa shape index (κ1) is 16.6. The zero-order chi connectivity index (χ0) is 17.0. The maximum atomic E-state index is 12.2. The molecule has 1 aromatic carbocycles. The summed E-state index contributed by atoms with van der Waals surface area (Å²) in [6.07, 6.45) is -1.00. The van der Waals surface area contributed by atoms with Crippen LogP contribution in [0.3, 0.4) is 0 Å². The van der Waals surface area contributed by atoms with Crippen molar-refractivity contribution in [1.82, 2.24) is 0 Å². The van der Waals surface area contributed by atoms with Crippen LogP contribution in [0.5, 0.6) is 5.75 Å². The molecule has 0 N–H and O–H groups in total. The van der Waals surface area contributed by atoms with Crippen LogP contribution in [0.4, 0.5) is 5.00 Å². The average molecular weight is 335 g/mol. The van der Waals surface area contributed by atoms with Crippen molar-refractivity contribution < 1.29 is 24.0 Å². The Bertz CT molecular complexity index is 737. The molecular formula is C15H13NO6S. The molecule has 2 rings (SSSR count). The number of hydrogen-bond donors (Lipinski definition) is 0. The monoisotopic (exact) mass is 335 g/mol. The summed E-state index contributed by atoms with van der Waals surface area (Å²) in [6.45, 7) is 1.45. The molecule has 0 saturated carbocycles. The Labute approximate surface area is 135 Å². The molecule has 0 fully saturated rings. The highest BCUT2D eigenvalue weighted by Gasteiger charge is 2.23. The van der Waals surface area contributed by atoms with Gasteiger partial charge in [0.15, 0.2) is 6.10 Å². The second-order valence-electron chi connectivity index (χ2n) is 4.54. The number of nitrogens with zero attached hydrogens (tertiary/aromatic N) is 1. The molecule has 2 aromatic rings. The first-order valence-corrected chi connectivity index (χ1v) is 7.37. The van der Waals surface area contributed by atoms with Crippen LogP contribution in [0.1, 0.15) is 27.0 Å². The number of carbonyl (C=O) groups excluding carboxylic acids is 2. The lowest BCUT2D eigenvalue weighted by Gasteiger charge is -2.11. The molecule has 1 aromatic heterocycles. The van der Waals surface area contributed by atoms with E-state index in [2.05, 4.69) is 0 Å². The molecule has 0 unspecified atom stereocenters. The van der Waals surface area contributed by atoms with Crippen molar-refractivity contribution in [2.24, 2.45) is 0 Å². The molecule has 0 spiro atoms. The van der Waals surface area contributed by atoms with Crippen LogP contribution in [0.25, 0.3) is 0 Å². The molecular weight excluding hydrogens is 322 g/mol. The molecule has 23 heavy (non-hydrogen) atoms. The van der Waals surface area contributed by atoms with E-state index in [0.29, 0.717) is 22.6 Å². The second kappa shape index (κ2) is 7.01. The van der Waals surface area contributed by atoms with Crippen LogP contribution >= 0.6 is 11.3 Å². The standard InChI is InChI=1S/C15H13NO6S/c1-9(14(17)10-3-5-11(21-2)6-4-10)22-15(18)12-7-8-13(23-12)16(19)20/h3-9H,1-2H3/t9-/m1/s1. The van der Waals surface area contributed by atoms with E-state index in [1.54, 1.807) is 24.3 Å². The molecule has 8 heteroatoms. The van der Waals surface area contributed by atoms with E-state index >= 15 is 0 Å². The van der Waals surface area contributed by atoms with Gasteiger partial charge in [0.25, 0.3) is 0 Å². The highest BCUT2D eigenvalue weighted by molar-refractivity contribution is 7.17. The number of carbonyl (C=O) groups is 2. The van der Waals surface area contributed by atoms with Gasteiger partial charge in [-0.3, -0.25) is 14.9 Å². The molecule has 0 aliphatic rings. The Balaban J connectivity index is 2.04. The molecule has 0 radical (unpaired) electrons. The zero-order valence-electron chi connectivity index (χ0n) is 12.3. The van der Waals surface area contributed by atoms with Gasteiger partial charge in [0, 0.05) is 11.6 Å². The number of benzene rings is 1. The van der Waals surface area contributed by atoms with E-state index in [1.807, 2.05) is 0 Å². The van der Waals surface area contributed by atoms with Crippen LogP contribution in [0.2, 0.25) is 0 Å². The Kier molecular flexibility index (Phi) is 5.07. The zero-order valence-corrected chi connectivity index (χ0v) is 13.2. The third-order valence-electron chi connectivity index (χ3n) is 3.00. The largest absolute Gasteiger partial charge is 0.497 e. The smallest absolute Gasteiger partial charge is 0.349 e. The summed E-state index contributed by atoms with van der Waals surface area (Å²) in [6, 6.07) is 8.92. The normalized spacial score (nSPS) is 11.6. The third-order valence-corrected chi connectivity index (χ3v) is 4.02. The maximum absolute atomic E-state index is 12.2. The van der Waals surface area contributed by atoms with E-state index < -0.39 is 17.0 Å². The number of rotatable bonds is 6. The van der Waals surface area contributed by atoms with Crippen LogP contribution in [-0.2, 0) is 4.74 Å². The van der Waals surface area contributed by atoms with Crippen LogP contribution in [-0.4, -0.2) is 29.9 Å². The number of ketones is 1. The third kappa shape index (κ3) is 3.92. The molecule has 0 saturated heterocycles. The topological polar surface area (TPSA) is 95.7 Å². The van der Waals surface area contributed by atoms with E-state index in [0.717, 1.165) is 0 Å². The van der Waals surface area contributed by atoms with Crippen LogP contribution < -0.4 is 4.74 Å². The van der Waals surface area contributed by atoms with Crippen molar-refractivity contribution >= 4 is 28.1 Å². The Morgan fingerprint density at radius 3 is 2.35 bits per heavy atom. The molecule has 0 aliphatic carbocycles. The van der Waals surface area contributed by atoms with Gasteiger partial charge in [-0.15, -0.1) is 0 Å². The lowest BCUT2D eigenvalue weighted by molar-refractivity contribution is -0.380. The van der Waals surface area contributed by atoms with Crippen LogP contribution in [0.15, 0.2) is 36.4 Å². The van der Waals surface area contributed by atoms with Gasteiger partial charge in [-0.1, -0.05) is 11.3 Å². The SMILES string of the molecule is COc1ccc(C(=O)[C@@H](C)OC(=O)c2ccc([N+](=O)[O-])s2)cc1. The number of esters is 1. The number of methoxy groups -OCH3 is 1. The highest BCUT2D eigenvalue weighted by Crippen LogP contribution is 2.25. The van der Waals surface area contributed by atoms with Gasteiger partial charge in [0.2, 0.25) is 5.78 Å². The van der Waals surface area contributed by atoms with Crippen molar-refractivity contribution in [3.63, 3.8) is 0 Å². The van der Waals surface area contributed by atoms with Gasteiger partial charge in [-0.25, -0.2) is 4.79 Å². The van der Waals surface area contributed by atoms with Gasteiger partial charge < -0.3 is 9.47 Å². The minimum absolute atomic E-state index is 0.0751. The molecule has 0 amide bonds. The fourth-order valence-corrected chi connectivity index (χ4v) is 2.50. The summed E-state index contributed by atoms with van der Waals surface area (Å²) in [5.74, 6) is -0.526. The Morgan fingerprint density at radius 1 is 1.17 bits per heavy atom. The van der Waals surface area contributed by atoms with Gasteiger partial charge in [0.05, 0.1) is 12.0 Å². The van der Waals surface area contributed by atoms with E-state index in [1.165, 1.54) is 26.2 Å². The molecule has 1 heterocycles. The molecule has 7 nitrogen and oxygen atoms in total. The molecule has 120 valence electrons. The Hall–Kier alpha value is -2.74. The predicted octanol–water partition coefficient (Wildman–Crippen LogP) is 3.09. The maximum Gasteiger partial charge on any atom is 0.349 e.